The molecular weight excluding hydrogens is 346 g/mol. The summed E-state index contributed by atoms with van der Waals surface area (Å²) >= 11 is 3.43. The number of benzene rings is 1. The lowest BCUT2D eigenvalue weighted by molar-refractivity contribution is -0.126. The van der Waals surface area contributed by atoms with Gasteiger partial charge in [-0.25, -0.2) is 0 Å². The molecule has 0 bridgehead atoms. The minimum Gasteiger partial charge on any atom is -0.496 e. The fourth-order valence-corrected chi connectivity index (χ4v) is 2.89. The maximum Gasteiger partial charge on any atom is 0.246 e. The molecule has 2 heterocycles. The number of carbonyl (C=O) groups is 1. The highest BCUT2D eigenvalue weighted by Gasteiger charge is 2.20. The number of rotatable bonds is 3. The quantitative estimate of drug-likeness (QED) is 0.855. The number of halogens is 1. The van der Waals surface area contributed by atoms with Crippen molar-refractivity contribution in [3.05, 3.63) is 51.8 Å². The van der Waals surface area contributed by atoms with Gasteiger partial charge in [0.25, 0.3) is 0 Å². The third-order valence-corrected chi connectivity index (χ3v) is 4.20. The van der Waals surface area contributed by atoms with Crippen LogP contribution < -0.4 is 4.74 Å². The highest BCUT2D eigenvalue weighted by atomic mass is 79.9. The number of methoxy groups -OCH3 is 1. The second kappa shape index (κ2) is 6.36. The van der Waals surface area contributed by atoms with E-state index in [1.165, 1.54) is 0 Å². The fraction of sp³-hybridized carbons (Fsp3) is 0.250. The molecule has 0 aliphatic carbocycles. The molecule has 1 aromatic carbocycles. The van der Waals surface area contributed by atoms with Gasteiger partial charge in [0.05, 0.1) is 13.3 Å². The molecule has 0 unspecified atom stereocenters. The molecule has 2 aromatic rings. The van der Waals surface area contributed by atoms with Crippen molar-refractivity contribution in [2.75, 3.05) is 13.7 Å². The van der Waals surface area contributed by atoms with Gasteiger partial charge in [-0.1, -0.05) is 15.9 Å². The number of hydrogen-bond acceptors (Lipinski definition) is 3. The zero-order valence-corrected chi connectivity index (χ0v) is 13.8. The molecule has 0 saturated heterocycles. The molecule has 5 nitrogen and oxygen atoms in total. The van der Waals surface area contributed by atoms with Gasteiger partial charge in [0.2, 0.25) is 5.91 Å². The molecule has 1 aromatic heterocycles. The molecule has 1 amide bonds. The third kappa shape index (κ3) is 3.06. The normalized spacial score (nSPS) is 14.2. The van der Waals surface area contributed by atoms with E-state index in [0.29, 0.717) is 13.1 Å². The summed E-state index contributed by atoms with van der Waals surface area (Å²) < 4.78 is 6.25. The Kier molecular flexibility index (Phi) is 4.29. The number of H-pyrrole nitrogens is 1. The van der Waals surface area contributed by atoms with E-state index in [0.717, 1.165) is 33.5 Å². The van der Waals surface area contributed by atoms with Gasteiger partial charge >= 0.3 is 0 Å². The predicted molar refractivity (Wildman–Crippen MR) is 87.4 cm³/mol. The van der Waals surface area contributed by atoms with Gasteiger partial charge in [-0.05, 0) is 24.3 Å². The molecule has 0 saturated carbocycles. The summed E-state index contributed by atoms with van der Waals surface area (Å²) in [5, 5.41) is 6.99. The molecule has 22 heavy (non-hydrogen) atoms. The summed E-state index contributed by atoms with van der Waals surface area (Å²) in [5.74, 6) is 0.733. The van der Waals surface area contributed by atoms with E-state index in [1.54, 1.807) is 25.5 Å². The molecule has 114 valence electrons. The number of fused-ring (bicyclic) bond motifs is 1. The van der Waals surface area contributed by atoms with Gasteiger partial charge in [0.1, 0.15) is 5.75 Å². The van der Waals surface area contributed by atoms with Crippen LogP contribution >= 0.6 is 15.9 Å². The van der Waals surface area contributed by atoms with Crippen molar-refractivity contribution in [2.45, 2.75) is 13.0 Å². The number of carbonyl (C=O) groups excluding carboxylic acids is 1. The fourth-order valence-electron chi connectivity index (χ4n) is 2.51. The van der Waals surface area contributed by atoms with Crippen LogP contribution in [-0.4, -0.2) is 34.7 Å². The van der Waals surface area contributed by atoms with Crippen LogP contribution in [0.1, 0.15) is 16.8 Å². The van der Waals surface area contributed by atoms with E-state index < -0.39 is 0 Å². The van der Waals surface area contributed by atoms with E-state index in [4.69, 9.17) is 4.74 Å². The van der Waals surface area contributed by atoms with Crippen molar-refractivity contribution in [2.24, 2.45) is 0 Å². The summed E-state index contributed by atoms with van der Waals surface area (Å²) in [6.07, 6.45) is 5.98. The second-order valence-electron chi connectivity index (χ2n) is 5.10. The van der Waals surface area contributed by atoms with E-state index in [-0.39, 0.29) is 5.91 Å². The van der Waals surface area contributed by atoms with Crippen molar-refractivity contribution >= 4 is 27.9 Å². The molecular formula is C16H16BrN3O2. The smallest absolute Gasteiger partial charge is 0.246 e. The molecule has 3 rings (SSSR count). The van der Waals surface area contributed by atoms with Gasteiger partial charge in [-0.3, -0.25) is 9.89 Å². The average molecular weight is 362 g/mol. The Morgan fingerprint density at radius 1 is 1.50 bits per heavy atom. The number of hydrogen-bond donors (Lipinski definition) is 1. The monoisotopic (exact) mass is 361 g/mol. The van der Waals surface area contributed by atoms with Gasteiger partial charge in [0.15, 0.2) is 0 Å². The molecule has 0 spiro atoms. The van der Waals surface area contributed by atoms with E-state index in [1.807, 2.05) is 23.1 Å². The number of aromatic nitrogens is 2. The molecule has 6 heteroatoms. The lowest BCUT2D eigenvalue weighted by atomic mass is 10.1. The highest BCUT2D eigenvalue weighted by Crippen LogP contribution is 2.24. The maximum absolute atomic E-state index is 12.3. The Bertz CT molecular complexity index is 724. The first-order valence-electron chi connectivity index (χ1n) is 6.99. The van der Waals surface area contributed by atoms with Crippen molar-refractivity contribution in [1.82, 2.24) is 15.1 Å². The number of aromatic amines is 1. The van der Waals surface area contributed by atoms with E-state index in [2.05, 4.69) is 26.1 Å². The van der Waals surface area contributed by atoms with Crippen LogP contribution in [0.15, 0.2) is 34.9 Å². The van der Waals surface area contributed by atoms with Crippen LogP contribution in [0.2, 0.25) is 0 Å². The second-order valence-corrected chi connectivity index (χ2v) is 6.02. The zero-order chi connectivity index (χ0) is 15.5. The van der Waals surface area contributed by atoms with E-state index >= 15 is 0 Å². The van der Waals surface area contributed by atoms with Crippen LogP contribution in [0, 0.1) is 0 Å². The van der Waals surface area contributed by atoms with Gasteiger partial charge in [-0.2, -0.15) is 5.10 Å². The summed E-state index contributed by atoms with van der Waals surface area (Å²) in [5.41, 5.74) is 3.08. The Hall–Kier alpha value is -2.08. The molecule has 1 N–H and O–H groups in total. The number of amides is 1. The maximum atomic E-state index is 12.3. The Labute approximate surface area is 137 Å². The molecule has 1 aliphatic heterocycles. The lowest BCUT2D eigenvalue weighted by Crippen LogP contribution is -2.34. The first kappa shape index (κ1) is 14.8. The summed E-state index contributed by atoms with van der Waals surface area (Å²) in [6, 6.07) is 5.70. The zero-order valence-electron chi connectivity index (χ0n) is 12.2. The molecule has 0 fully saturated rings. The van der Waals surface area contributed by atoms with Gasteiger partial charge in [0, 0.05) is 46.9 Å². The first-order valence-corrected chi connectivity index (χ1v) is 7.78. The topological polar surface area (TPSA) is 58.2 Å². The average Bonchev–Trinajstić information content (AvgIpc) is 3.00. The Morgan fingerprint density at radius 3 is 3.18 bits per heavy atom. The number of nitrogens with one attached hydrogen (secondary N) is 1. The van der Waals surface area contributed by atoms with E-state index in [9.17, 15) is 4.79 Å². The van der Waals surface area contributed by atoms with Crippen molar-refractivity contribution in [3.8, 4) is 5.75 Å². The minimum atomic E-state index is -0.00567. The Morgan fingerprint density at radius 2 is 2.36 bits per heavy atom. The van der Waals surface area contributed by atoms with Gasteiger partial charge < -0.3 is 9.64 Å². The standard InChI is InChI=1S/C16H16BrN3O2/c1-22-15-4-3-13(17)8-11(15)2-5-16(21)20-7-6-14-12(10-20)9-18-19-14/h2-5,8-9H,6-7,10H2,1H3,(H,18,19). The van der Waals surface area contributed by atoms with Crippen molar-refractivity contribution in [3.63, 3.8) is 0 Å². The molecule has 0 radical (unpaired) electrons. The van der Waals surface area contributed by atoms with Crippen LogP contribution in [0.5, 0.6) is 5.75 Å². The van der Waals surface area contributed by atoms with Crippen molar-refractivity contribution < 1.29 is 9.53 Å². The summed E-state index contributed by atoms with van der Waals surface area (Å²) in [4.78, 5) is 14.2. The third-order valence-electron chi connectivity index (χ3n) is 3.71. The summed E-state index contributed by atoms with van der Waals surface area (Å²) in [6.45, 7) is 1.30. The number of ether oxygens (including phenoxy) is 1. The lowest BCUT2D eigenvalue weighted by Gasteiger charge is -2.25. The van der Waals surface area contributed by atoms with Crippen LogP contribution in [0.25, 0.3) is 6.08 Å². The first-order chi connectivity index (χ1) is 10.7. The Balaban J connectivity index is 1.73. The highest BCUT2D eigenvalue weighted by molar-refractivity contribution is 9.10. The largest absolute Gasteiger partial charge is 0.496 e. The van der Waals surface area contributed by atoms with Gasteiger partial charge in [-0.15, -0.1) is 0 Å². The minimum absolute atomic E-state index is 0.00567. The SMILES string of the molecule is COc1ccc(Br)cc1C=CC(=O)N1CCc2[nH]ncc2C1. The number of nitrogens with zero attached hydrogens (tertiary/aromatic N) is 2. The van der Waals surface area contributed by atoms with Crippen LogP contribution in [0.3, 0.4) is 0 Å². The predicted octanol–water partition coefficient (Wildman–Crippen LogP) is 2.78. The molecule has 1 aliphatic rings. The summed E-state index contributed by atoms with van der Waals surface area (Å²) in [7, 11) is 1.62. The van der Waals surface area contributed by atoms with Crippen molar-refractivity contribution in [1.29, 1.82) is 0 Å². The van der Waals surface area contributed by atoms with Crippen LogP contribution in [0.4, 0.5) is 0 Å². The van der Waals surface area contributed by atoms with Crippen LogP contribution in [-0.2, 0) is 17.8 Å². The molecule has 0 atom stereocenters.